The first-order valence-electron chi connectivity index (χ1n) is 10.9. The summed E-state index contributed by atoms with van der Waals surface area (Å²) in [7, 11) is 1.84. The second-order valence-corrected chi connectivity index (χ2v) is 9.18. The number of aliphatic imine (C=N–C) groups is 1. The van der Waals surface area contributed by atoms with Crippen LogP contribution in [-0.2, 0) is 11.2 Å². The number of guanidine groups is 1. The van der Waals surface area contributed by atoms with Gasteiger partial charge < -0.3 is 15.1 Å². The highest BCUT2D eigenvalue weighted by atomic mass is 127. The highest BCUT2D eigenvalue weighted by molar-refractivity contribution is 14.0. The van der Waals surface area contributed by atoms with Gasteiger partial charge in [-0.15, -0.1) is 35.3 Å². The molecule has 9 heteroatoms. The lowest BCUT2D eigenvalue weighted by molar-refractivity contribution is -0.135. The Morgan fingerprint density at radius 3 is 2.37 bits per heavy atom. The van der Waals surface area contributed by atoms with Crippen LogP contribution in [0.3, 0.4) is 0 Å². The molecule has 2 fully saturated rings. The van der Waals surface area contributed by atoms with E-state index in [9.17, 15) is 4.79 Å². The van der Waals surface area contributed by atoms with Crippen LogP contribution in [0.1, 0.15) is 50.2 Å². The molecule has 1 amide bonds. The van der Waals surface area contributed by atoms with E-state index in [0.717, 1.165) is 76.7 Å². The minimum atomic E-state index is -0.0231. The molecule has 1 atom stereocenters. The van der Waals surface area contributed by atoms with Crippen molar-refractivity contribution in [3.8, 4) is 0 Å². The third kappa shape index (κ3) is 6.53. The summed E-state index contributed by atoms with van der Waals surface area (Å²) in [6, 6.07) is -0.0231. The summed E-state index contributed by atoms with van der Waals surface area (Å²) in [5, 5.41) is 6.86. The van der Waals surface area contributed by atoms with Gasteiger partial charge in [-0.25, -0.2) is 4.98 Å². The molecule has 2 aliphatic heterocycles. The van der Waals surface area contributed by atoms with Gasteiger partial charge in [0.1, 0.15) is 0 Å². The van der Waals surface area contributed by atoms with E-state index >= 15 is 0 Å². The van der Waals surface area contributed by atoms with Crippen LogP contribution in [0.4, 0.5) is 0 Å². The minimum Gasteiger partial charge on any atom is -0.356 e. The van der Waals surface area contributed by atoms with E-state index in [4.69, 9.17) is 4.98 Å². The predicted molar refractivity (Wildman–Crippen MR) is 135 cm³/mol. The van der Waals surface area contributed by atoms with Gasteiger partial charge in [0, 0.05) is 70.6 Å². The summed E-state index contributed by atoms with van der Waals surface area (Å²) in [4.78, 5) is 28.5. The Bertz CT molecular complexity index is 695. The molecule has 0 spiro atoms. The van der Waals surface area contributed by atoms with Crippen LogP contribution in [0.2, 0.25) is 0 Å². The average molecular weight is 549 g/mol. The van der Waals surface area contributed by atoms with Crippen LogP contribution < -0.4 is 5.32 Å². The molecule has 3 heterocycles. The maximum atomic E-state index is 12.7. The van der Waals surface area contributed by atoms with Crippen molar-refractivity contribution < 1.29 is 4.79 Å². The summed E-state index contributed by atoms with van der Waals surface area (Å²) in [5.74, 6) is 1.73. The van der Waals surface area contributed by atoms with Crippen LogP contribution >= 0.6 is 35.3 Å². The van der Waals surface area contributed by atoms with Crippen LogP contribution in [0.5, 0.6) is 0 Å². The number of rotatable bonds is 6. The molecule has 0 aromatic carbocycles. The Kier molecular flexibility index (Phi) is 10.3. The molecule has 1 aromatic rings. The zero-order valence-electron chi connectivity index (χ0n) is 18.8. The molecule has 0 aliphatic carbocycles. The lowest BCUT2D eigenvalue weighted by Gasteiger charge is -2.39. The first kappa shape index (κ1) is 25.3. The third-order valence-electron chi connectivity index (χ3n) is 5.88. The molecule has 1 N–H and O–H groups in total. The summed E-state index contributed by atoms with van der Waals surface area (Å²) in [5.41, 5.74) is 1.15. The SMILES string of the molecule is CN=C(NCCc1csc(C(C)C)n1)N1CCN(C(C)C(=O)N2CCCC2)CC1.I. The van der Waals surface area contributed by atoms with Crippen LogP contribution in [0.25, 0.3) is 0 Å². The number of aromatic nitrogens is 1. The molecule has 30 heavy (non-hydrogen) atoms. The number of hydrogen-bond acceptors (Lipinski definition) is 5. The first-order chi connectivity index (χ1) is 14.0. The molecule has 1 unspecified atom stereocenters. The number of carbonyl (C=O) groups is 1. The van der Waals surface area contributed by atoms with Gasteiger partial charge in [-0.1, -0.05) is 13.8 Å². The monoisotopic (exact) mass is 548 g/mol. The Balaban J connectivity index is 0.00000320. The lowest BCUT2D eigenvalue weighted by atomic mass is 10.2. The fourth-order valence-electron chi connectivity index (χ4n) is 4.02. The summed E-state index contributed by atoms with van der Waals surface area (Å²) >= 11 is 1.75. The Hall–Kier alpha value is -0.940. The standard InChI is InChI=1S/C21H36N6OS.HI/c1-16(2)19-24-18(15-29-19)7-8-23-21(22-4)27-13-11-25(12-14-27)17(3)20(28)26-9-5-6-10-26;/h15-17H,5-14H2,1-4H3,(H,22,23);1H. The normalized spacial score (nSPS) is 19.2. The molecular formula is C21H37IN6OS. The topological polar surface area (TPSA) is 64.1 Å². The molecule has 2 aliphatic rings. The molecular weight excluding hydrogens is 511 g/mol. The second-order valence-electron chi connectivity index (χ2n) is 8.29. The number of thiazole rings is 1. The molecule has 3 rings (SSSR count). The number of carbonyl (C=O) groups excluding carboxylic acids is 1. The molecule has 2 saturated heterocycles. The van der Waals surface area contributed by atoms with Crippen molar-refractivity contribution in [1.82, 2.24) is 25.0 Å². The number of halogens is 1. The molecule has 0 radical (unpaired) electrons. The van der Waals surface area contributed by atoms with Gasteiger partial charge in [0.15, 0.2) is 5.96 Å². The molecule has 0 bridgehead atoms. The summed E-state index contributed by atoms with van der Waals surface area (Å²) < 4.78 is 0. The van der Waals surface area contributed by atoms with E-state index in [1.807, 2.05) is 11.9 Å². The quantitative estimate of drug-likeness (QED) is 0.337. The number of likely N-dealkylation sites (tertiary alicyclic amines) is 1. The Morgan fingerprint density at radius 2 is 1.80 bits per heavy atom. The Labute approximate surface area is 202 Å². The second kappa shape index (κ2) is 12.2. The maximum absolute atomic E-state index is 12.7. The highest BCUT2D eigenvalue weighted by Gasteiger charge is 2.30. The van der Waals surface area contributed by atoms with Crippen molar-refractivity contribution in [1.29, 1.82) is 0 Å². The van der Waals surface area contributed by atoms with Crippen LogP contribution in [0.15, 0.2) is 10.4 Å². The fraction of sp³-hybridized carbons (Fsp3) is 0.762. The van der Waals surface area contributed by atoms with E-state index in [1.54, 1.807) is 11.3 Å². The highest BCUT2D eigenvalue weighted by Crippen LogP contribution is 2.19. The van der Waals surface area contributed by atoms with E-state index in [-0.39, 0.29) is 30.0 Å². The van der Waals surface area contributed by atoms with Gasteiger partial charge in [-0.05, 0) is 19.8 Å². The maximum Gasteiger partial charge on any atom is 0.239 e. The van der Waals surface area contributed by atoms with Gasteiger partial charge >= 0.3 is 0 Å². The van der Waals surface area contributed by atoms with Crippen molar-refractivity contribution in [2.75, 3.05) is 52.9 Å². The van der Waals surface area contributed by atoms with Crippen LogP contribution in [0, 0.1) is 0 Å². The van der Waals surface area contributed by atoms with Gasteiger partial charge in [0.25, 0.3) is 0 Å². The minimum absolute atomic E-state index is 0. The first-order valence-corrected chi connectivity index (χ1v) is 11.8. The van der Waals surface area contributed by atoms with Crippen molar-refractivity contribution in [3.63, 3.8) is 0 Å². The summed E-state index contributed by atoms with van der Waals surface area (Å²) in [6.07, 6.45) is 3.20. The van der Waals surface area contributed by atoms with E-state index in [1.165, 1.54) is 5.01 Å². The lowest BCUT2D eigenvalue weighted by Crippen LogP contribution is -2.57. The van der Waals surface area contributed by atoms with Crippen molar-refractivity contribution in [2.24, 2.45) is 4.99 Å². The summed E-state index contributed by atoms with van der Waals surface area (Å²) in [6.45, 7) is 12.7. The molecule has 0 saturated carbocycles. The largest absolute Gasteiger partial charge is 0.356 e. The molecule has 7 nitrogen and oxygen atoms in total. The molecule has 170 valence electrons. The zero-order valence-corrected chi connectivity index (χ0v) is 21.9. The number of amides is 1. The molecule has 1 aromatic heterocycles. The van der Waals surface area contributed by atoms with E-state index < -0.39 is 0 Å². The van der Waals surface area contributed by atoms with Gasteiger partial charge in [-0.3, -0.25) is 14.7 Å². The number of hydrogen-bond donors (Lipinski definition) is 1. The van der Waals surface area contributed by atoms with Gasteiger partial charge in [-0.2, -0.15) is 0 Å². The van der Waals surface area contributed by atoms with Crippen molar-refractivity contribution in [2.45, 2.75) is 52.0 Å². The Morgan fingerprint density at radius 1 is 1.13 bits per heavy atom. The average Bonchev–Trinajstić information content (AvgIpc) is 3.42. The van der Waals surface area contributed by atoms with Crippen molar-refractivity contribution in [3.05, 3.63) is 16.1 Å². The van der Waals surface area contributed by atoms with Gasteiger partial charge in [0.05, 0.1) is 16.7 Å². The van der Waals surface area contributed by atoms with Crippen molar-refractivity contribution >= 4 is 47.2 Å². The predicted octanol–water partition coefficient (Wildman–Crippen LogP) is 2.63. The smallest absolute Gasteiger partial charge is 0.239 e. The van der Waals surface area contributed by atoms with Crippen LogP contribution in [-0.4, -0.2) is 90.5 Å². The fourth-order valence-corrected chi connectivity index (χ4v) is 4.89. The van der Waals surface area contributed by atoms with Gasteiger partial charge in [0.2, 0.25) is 5.91 Å². The van der Waals surface area contributed by atoms with E-state index in [2.05, 4.69) is 46.3 Å². The van der Waals surface area contributed by atoms with E-state index in [0.29, 0.717) is 11.8 Å². The number of nitrogens with one attached hydrogen (secondary N) is 1. The number of piperazine rings is 1. The number of nitrogens with zero attached hydrogens (tertiary/aromatic N) is 5. The third-order valence-corrected chi connectivity index (χ3v) is 7.07. The zero-order chi connectivity index (χ0) is 20.8.